The van der Waals surface area contributed by atoms with Crippen LogP contribution in [-0.4, -0.2) is 28.2 Å². The van der Waals surface area contributed by atoms with Gasteiger partial charge in [-0.3, -0.25) is 9.89 Å². The van der Waals surface area contributed by atoms with Crippen LogP contribution in [0.25, 0.3) is 11.3 Å². The van der Waals surface area contributed by atoms with Gasteiger partial charge in [0.2, 0.25) is 0 Å². The van der Waals surface area contributed by atoms with Gasteiger partial charge in [-0.1, -0.05) is 13.8 Å². The minimum atomic E-state index is -0.405. The van der Waals surface area contributed by atoms with Crippen molar-refractivity contribution in [2.45, 2.75) is 32.2 Å². The quantitative estimate of drug-likeness (QED) is 0.766. The van der Waals surface area contributed by atoms with Crippen molar-refractivity contribution in [1.29, 1.82) is 0 Å². The first-order chi connectivity index (χ1) is 10.5. The van der Waals surface area contributed by atoms with Gasteiger partial charge < -0.3 is 11.1 Å². The Balaban J connectivity index is 2.17. The molecular weight excluding hydrogens is 283 g/mol. The highest BCUT2D eigenvalue weighted by Gasteiger charge is 2.27. The Morgan fingerprint density at radius 3 is 2.50 bits per heavy atom. The lowest BCUT2D eigenvalue weighted by Gasteiger charge is -2.31. The molecule has 0 aliphatic carbocycles. The van der Waals surface area contributed by atoms with Gasteiger partial charge in [0.15, 0.2) is 0 Å². The molecule has 118 valence electrons. The van der Waals surface area contributed by atoms with Gasteiger partial charge in [0, 0.05) is 12.1 Å². The maximum Gasteiger partial charge on any atom is 0.269 e. The lowest BCUT2D eigenvalue weighted by atomic mass is 9.93. The first-order valence-corrected chi connectivity index (χ1v) is 7.37. The highest BCUT2D eigenvalue weighted by molar-refractivity contribution is 5.93. The molecule has 0 aliphatic rings. The number of hydrogen-bond donors (Lipinski definition) is 3. The van der Waals surface area contributed by atoms with Crippen LogP contribution < -0.4 is 11.1 Å². The summed E-state index contributed by atoms with van der Waals surface area (Å²) in [7, 11) is 0. The number of nitrogens with one attached hydrogen (secondary N) is 2. The summed E-state index contributed by atoms with van der Waals surface area (Å²) in [4.78, 5) is 12.3. The smallest absolute Gasteiger partial charge is 0.269 e. The van der Waals surface area contributed by atoms with Crippen molar-refractivity contribution < 1.29 is 9.18 Å². The van der Waals surface area contributed by atoms with Crippen molar-refractivity contribution >= 4 is 5.91 Å². The van der Waals surface area contributed by atoms with Crippen LogP contribution in [0.1, 0.15) is 37.2 Å². The topological polar surface area (TPSA) is 83.8 Å². The van der Waals surface area contributed by atoms with E-state index in [0.29, 0.717) is 17.9 Å². The second-order valence-corrected chi connectivity index (χ2v) is 5.32. The van der Waals surface area contributed by atoms with Crippen LogP contribution in [-0.2, 0) is 0 Å². The highest BCUT2D eigenvalue weighted by Crippen LogP contribution is 2.19. The maximum atomic E-state index is 12.9. The molecule has 4 N–H and O–H groups in total. The van der Waals surface area contributed by atoms with E-state index in [2.05, 4.69) is 15.5 Å². The third kappa shape index (κ3) is 3.33. The van der Waals surface area contributed by atoms with Crippen LogP contribution in [0.2, 0.25) is 0 Å². The molecular formula is C16H21FN4O. The minimum Gasteiger partial charge on any atom is -0.344 e. The molecule has 1 aromatic heterocycles. The van der Waals surface area contributed by atoms with Gasteiger partial charge in [0.25, 0.3) is 5.91 Å². The number of rotatable bonds is 6. The van der Waals surface area contributed by atoms with Crippen molar-refractivity contribution in [3.8, 4) is 11.3 Å². The van der Waals surface area contributed by atoms with Crippen LogP contribution >= 0.6 is 0 Å². The highest BCUT2D eigenvalue weighted by atomic mass is 19.1. The molecule has 0 unspecified atom stereocenters. The standard InChI is InChI=1S/C16H21FN4O/c1-3-16(4-2,10-18)19-15(22)14-9-13(20-21-14)11-5-7-12(17)8-6-11/h5-9H,3-4,10,18H2,1-2H3,(H,19,22)(H,20,21). The molecule has 0 saturated carbocycles. The van der Waals surface area contributed by atoms with Crippen molar-refractivity contribution in [1.82, 2.24) is 15.5 Å². The van der Waals surface area contributed by atoms with Gasteiger partial charge in [-0.25, -0.2) is 4.39 Å². The number of aromatic amines is 1. The van der Waals surface area contributed by atoms with E-state index in [4.69, 9.17) is 5.73 Å². The molecule has 1 heterocycles. The van der Waals surface area contributed by atoms with E-state index >= 15 is 0 Å². The van der Waals surface area contributed by atoms with Crippen molar-refractivity contribution in [2.75, 3.05) is 6.54 Å². The molecule has 5 nitrogen and oxygen atoms in total. The summed E-state index contributed by atoms with van der Waals surface area (Å²) in [5.41, 5.74) is 7.08. The number of nitrogens with two attached hydrogens (primary N) is 1. The van der Waals surface area contributed by atoms with E-state index < -0.39 is 5.54 Å². The number of aromatic nitrogens is 2. The average Bonchev–Trinajstić information content (AvgIpc) is 3.03. The third-order valence-electron chi connectivity index (χ3n) is 4.09. The fraction of sp³-hybridized carbons (Fsp3) is 0.375. The van der Waals surface area contributed by atoms with Crippen LogP contribution in [0, 0.1) is 5.82 Å². The molecule has 0 saturated heterocycles. The first-order valence-electron chi connectivity index (χ1n) is 7.37. The van der Waals surface area contributed by atoms with Crippen LogP contribution in [0.5, 0.6) is 0 Å². The minimum absolute atomic E-state index is 0.241. The van der Waals surface area contributed by atoms with Crippen molar-refractivity contribution in [3.05, 3.63) is 41.8 Å². The van der Waals surface area contributed by atoms with E-state index in [0.717, 1.165) is 18.4 Å². The van der Waals surface area contributed by atoms with E-state index in [1.165, 1.54) is 12.1 Å². The number of H-pyrrole nitrogens is 1. The summed E-state index contributed by atoms with van der Waals surface area (Å²) >= 11 is 0. The van der Waals surface area contributed by atoms with Gasteiger partial charge in [0.05, 0.1) is 11.2 Å². The fourth-order valence-electron chi connectivity index (χ4n) is 2.28. The number of carbonyl (C=O) groups is 1. The first kappa shape index (κ1) is 16.2. The lowest BCUT2D eigenvalue weighted by Crippen LogP contribution is -2.52. The van der Waals surface area contributed by atoms with Crippen LogP contribution in [0.4, 0.5) is 4.39 Å². The Bertz CT molecular complexity index is 624. The monoisotopic (exact) mass is 304 g/mol. The predicted molar refractivity (Wildman–Crippen MR) is 83.8 cm³/mol. The summed E-state index contributed by atoms with van der Waals surface area (Å²) in [5.74, 6) is -0.550. The molecule has 0 atom stereocenters. The number of amides is 1. The zero-order valence-electron chi connectivity index (χ0n) is 12.8. The summed E-state index contributed by atoms with van der Waals surface area (Å²) in [6, 6.07) is 7.61. The second kappa shape index (κ2) is 6.70. The molecule has 0 aliphatic heterocycles. The molecule has 2 aromatic rings. The van der Waals surface area contributed by atoms with Crippen molar-refractivity contribution in [3.63, 3.8) is 0 Å². The number of hydrogen-bond acceptors (Lipinski definition) is 3. The molecule has 0 fully saturated rings. The van der Waals surface area contributed by atoms with Crippen molar-refractivity contribution in [2.24, 2.45) is 5.73 Å². The fourth-order valence-corrected chi connectivity index (χ4v) is 2.28. The molecule has 0 bridgehead atoms. The Hall–Kier alpha value is -2.21. The summed E-state index contributed by atoms with van der Waals surface area (Å²) in [6.07, 6.45) is 1.51. The van der Waals surface area contributed by atoms with Gasteiger partial charge in [0.1, 0.15) is 11.5 Å². The van der Waals surface area contributed by atoms with Gasteiger partial charge in [-0.15, -0.1) is 0 Å². The molecule has 1 amide bonds. The molecule has 0 radical (unpaired) electrons. The Labute approximate surface area is 129 Å². The van der Waals surface area contributed by atoms with Crippen LogP contribution in [0.3, 0.4) is 0 Å². The molecule has 1 aromatic carbocycles. The Morgan fingerprint density at radius 1 is 1.32 bits per heavy atom. The van der Waals surface area contributed by atoms with Crippen LogP contribution in [0.15, 0.2) is 30.3 Å². The number of halogens is 1. The molecule has 6 heteroatoms. The zero-order chi connectivity index (χ0) is 16.2. The molecule has 22 heavy (non-hydrogen) atoms. The molecule has 0 spiro atoms. The lowest BCUT2D eigenvalue weighted by molar-refractivity contribution is 0.0890. The summed E-state index contributed by atoms with van der Waals surface area (Å²) in [5, 5.41) is 9.80. The van der Waals surface area contributed by atoms with E-state index in [-0.39, 0.29) is 11.7 Å². The SMILES string of the molecule is CCC(CC)(CN)NC(=O)c1cc(-c2ccc(F)cc2)n[nH]1. The second-order valence-electron chi connectivity index (χ2n) is 5.32. The summed E-state index contributed by atoms with van der Waals surface area (Å²) in [6.45, 7) is 4.37. The Morgan fingerprint density at radius 2 is 1.95 bits per heavy atom. The number of benzene rings is 1. The molecule has 2 rings (SSSR count). The average molecular weight is 304 g/mol. The van der Waals surface area contributed by atoms with E-state index in [1.807, 2.05) is 13.8 Å². The summed E-state index contributed by atoms with van der Waals surface area (Å²) < 4.78 is 12.9. The number of nitrogens with zero attached hydrogens (tertiary/aromatic N) is 1. The normalized spacial score (nSPS) is 11.5. The van der Waals surface area contributed by atoms with Gasteiger partial charge >= 0.3 is 0 Å². The van der Waals surface area contributed by atoms with Gasteiger partial charge in [-0.05, 0) is 43.2 Å². The predicted octanol–water partition coefficient (Wildman–Crippen LogP) is 2.46. The van der Waals surface area contributed by atoms with E-state index in [1.54, 1.807) is 18.2 Å². The number of carbonyl (C=O) groups excluding carboxylic acids is 1. The zero-order valence-corrected chi connectivity index (χ0v) is 12.8. The Kier molecular flexibility index (Phi) is 4.92. The van der Waals surface area contributed by atoms with E-state index in [9.17, 15) is 9.18 Å². The maximum absolute atomic E-state index is 12.9. The third-order valence-corrected chi connectivity index (χ3v) is 4.09. The largest absolute Gasteiger partial charge is 0.344 e. The van der Waals surface area contributed by atoms with Gasteiger partial charge in [-0.2, -0.15) is 5.10 Å².